The summed E-state index contributed by atoms with van der Waals surface area (Å²) in [6.07, 6.45) is 21.1. The highest BCUT2D eigenvalue weighted by Crippen LogP contribution is 2.27. The van der Waals surface area contributed by atoms with Crippen LogP contribution < -0.4 is 18.9 Å². The van der Waals surface area contributed by atoms with Gasteiger partial charge in [-0.25, -0.2) is 9.97 Å². The summed E-state index contributed by atoms with van der Waals surface area (Å²) in [6, 6.07) is 34.0. The molecule has 5 rings (SSSR count). The molecule has 0 atom stereocenters. The van der Waals surface area contributed by atoms with E-state index in [-0.39, 0.29) is 0 Å². The summed E-state index contributed by atoms with van der Waals surface area (Å²) in [4.78, 5) is 9.22. The van der Waals surface area contributed by atoms with Crippen LogP contribution in [0.15, 0.2) is 109 Å². The first-order valence-corrected chi connectivity index (χ1v) is 20.8. The molecule has 0 radical (unpaired) electrons. The number of hydrogen-bond donors (Lipinski definition) is 0. The fourth-order valence-corrected chi connectivity index (χ4v) is 6.47. The summed E-state index contributed by atoms with van der Waals surface area (Å²) < 4.78 is 24.1. The predicted molar refractivity (Wildman–Crippen MR) is 226 cm³/mol. The Hall–Kier alpha value is -5.35. The molecule has 0 bridgehead atoms. The highest BCUT2D eigenvalue weighted by atomic mass is 16.5. The van der Waals surface area contributed by atoms with E-state index in [0.717, 1.165) is 103 Å². The topological polar surface area (TPSA) is 86.5 Å². The van der Waals surface area contributed by atoms with Crippen molar-refractivity contribution in [1.29, 1.82) is 5.26 Å². The Kier molecular flexibility index (Phi) is 18.6. The molecule has 7 heteroatoms. The van der Waals surface area contributed by atoms with E-state index >= 15 is 0 Å². The zero-order chi connectivity index (χ0) is 38.9. The van der Waals surface area contributed by atoms with Crippen LogP contribution in [0, 0.1) is 11.3 Å². The maximum Gasteiger partial charge on any atom is 0.161 e. The predicted octanol–water partition coefficient (Wildman–Crippen LogP) is 12.6. The summed E-state index contributed by atoms with van der Waals surface area (Å²) in [5, 5.41) is 9.00. The van der Waals surface area contributed by atoms with Crippen molar-refractivity contribution in [3.63, 3.8) is 0 Å². The van der Waals surface area contributed by atoms with Gasteiger partial charge in [-0.05, 0) is 142 Å². The molecule has 0 aliphatic heterocycles. The van der Waals surface area contributed by atoms with E-state index in [4.69, 9.17) is 24.2 Å². The van der Waals surface area contributed by atoms with E-state index in [1.165, 1.54) is 44.1 Å². The molecule has 0 aliphatic rings. The minimum atomic E-state index is 0.667. The van der Waals surface area contributed by atoms with E-state index in [1.807, 2.05) is 97.3 Å². The Bertz CT molecular complexity index is 1840. The van der Waals surface area contributed by atoms with Gasteiger partial charge < -0.3 is 18.9 Å². The smallest absolute Gasteiger partial charge is 0.161 e. The number of para-hydroxylation sites is 2. The average molecular weight is 754 g/mol. The van der Waals surface area contributed by atoms with E-state index in [0.29, 0.717) is 32.0 Å². The van der Waals surface area contributed by atoms with E-state index < -0.39 is 0 Å². The van der Waals surface area contributed by atoms with Gasteiger partial charge in [-0.15, -0.1) is 0 Å². The van der Waals surface area contributed by atoms with Gasteiger partial charge >= 0.3 is 0 Å². The monoisotopic (exact) mass is 753 g/mol. The molecule has 1 aromatic heterocycles. The lowest BCUT2D eigenvalue weighted by molar-refractivity contribution is 0.254. The lowest BCUT2D eigenvalue weighted by Gasteiger charge is -2.13. The molecule has 56 heavy (non-hydrogen) atoms. The van der Waals surface area contributed by atoms with Crippen LogP contribution in [0.2, 0.25) is 0 Å². The summed E-state index contributed by atoms with van der Waals surface area (Å²) in [5.41, 5.74) is 5.09. The third-order valence-corrected chi connectivity index (χ3v) is 9.82. The summed E-state index contributed by atoms with van der Waals surface area (Å²) in [7, 11) is 0. The molecular weight excluding hydrogens is 695 g/mol. The van der Waals surface area contributed by atoms with Gasteiger partial charge in [0, 0.05) is 18.0 Å². The maximum absolute atomic E-state index is 9.00. The molecule has 0 spiro atoms. The molecule has 0 N–H and O–H groups in total. The second-order valence-electron chi connectivity index (χ2n) is 14.3. The normalized spacial score (nSPS) is 10.9. The van der Waals surface area contributed by atoms with Crippen molar-refractivity contribution in [2.75, 3.05) is 26.4 Å². The molecule has 7 nitrogen and oxygen atoms in total. The number of benzene rings is 4. The Morgan fingerprint density at radius 1 is 0.464 bits per heavy atom. The molecule has 0 saturated heterocycles. The molecule has 294 valence electrons. The van der Waals surface area contributed by atoms with Crippen LogP contribution in [0.5, 0.6) is 23.0 Å². The van der Waals surface area contributed by atoms with Crippen LogP contribution in [0.1, 0.15) is 108 Å². The van der Waals surface area contributed by atoms with Crippen LogP contribution >= 0.6 is 0 Å². The first kappa shape index (κ1) is 41.8. The van der Waals surface area contributed by atoms with E-state index in [9.17, 15) is 0 Å². The lowest BCUT2D eigenvalue weighted by atomic mass is 10.0. The second-order valence-corrected chi connectivity index (χ2v) is 14.3. The third kappa shape index (κ3) is 15.1. The van der Waals surface area contributed by atoms with Gasteiger partial charge in [-0.3, -0.25) is 0 Å². The molecule has 0 amide bonds. The molecule has 0 unspecified atom stereocenters. The van der Waals surface area contributed by atoms with Crippen molar-refractivity contribution in [1.82, 2.24) is 9.97 Å². The van der Waals surface area contributed by atoms with Crippen molar-refractivity contribution in [2.45, 2.75) is 103 Å². The summed E-state index contributed by atoms with van der Waals surface area (Å²) >= 11 is 0. The largest absolute Gasteiger partial charge is 0.494 e. The number of rotatable bonds is 27. The summed E-state index contributed by atoms with van der Waals surface area (Å²) in [5.74, 6) is 4.14. The number of aromatic nitrogens is 2. The Morgan fingerprint density at radius 3 is 1.39 bits per heavy atom. The standard InChI is InChI=1S/C49H59N3O4/c1-2-3-4-5-6-11-18-41-38-51-49(52-39-41)44-27-31-46(32-28-44)54-34-15-8-10-17-36-56-48-20-13-12-19-47(48)55-35-16-9-7-14-33-53-45-29-25-43(26-30-45)42-23-21-40(37-50)22-24-42/h12-13,19-32,38-39H,2-11,14-18,33-36H2,1H3. The van der Waals surface area contributed by atoms with Gasteiger partial charge in [0.1, 0.15) is 11.5 Å². The number of nitrogens with zero attached hydrogens (tertiary/aromatic N) is 3. The first-order chi connectivity index (χ1) is 27.7. The van der Waals surface area contributed by atoms with Crippen molar-refractivity contribution >= 4 is 0 Å². The highest BCUT2D eigenvalue weighted by molar-refractivity contribution is 5.65. The number of ether oxygens (including phenoxy) is 4. The lowest BCUT2D eigenvalue weighted by Crippen LogP contribution is -2.03. The van der Waals surface area contributed by atoms with E-state index in [2.05, 4.69) is 35.1 Å². The molecular formula is C49H59N3O4. The van der Waals surface area contributed by atoms with Crippen molar-refractivity contribution < 1.29 is 18.9 Å². The SMILES string of the molecule is CCCCCCCCc1cnc(-c2ccc(OCCCCCCOc3ccccc3OCCCCCCOc3ccc(-c4ccc(C#N)cc4)cc3)cc2)nc1. The van der Waals surface area contributed by atoms with E-state index in [1.54, 1.807) is 0 Å². The van der Waals surface area contributed by atoms with Crippen molar-refractivity contribution in [2.24, 2.45) is 0 Å². The Labute approximate surface area is 335 Å². The number of unbranched alkanes of at least 4 members (excludes halogenated alkanes) is 11. The Morgan fingerprint density at radius 2 is 0.893 bits per heavy atom. The van der Waals surface area contributed by atoms with Crippen molar-refractivity contribution in [3.05, 3.63) is 121 Å². The molecule has 0 fully saturated rings. The van der Waals surface area contributed by atoms with Crippen molar-refractivity contribution in [3.8, 4) is 51.6 Å². The average Bonchev–Trinajstić information content (AvgIpc) is 3.25. The molecule has 4 aromatic carbocycles. The number of aryl methyl sites for hydroxylation is 1. The highest BCUT2D eigenvalue weighted by Gasteiger charge is 2.06. The fraction of sp³-hybridized carbons (Fsp3) is 0.408. The molecule has 0 aliphatic carbocycles. The minimum absolute atomic E-state index is 0.667. The molecule has 1 heterocycles. The minimum Gasteiger partial charge on any atom is -0.494 e. The first-order valence-electron chi connectivity index (χ1n) is 20.8. The fourth-order valence-electron chi connectivity index (χ4n) is 6.47. The van der Waals surface area contributed by atoms with Gasteiger partial charge in [-0.2, -0.15) is 5.26 Å². The number of hydrogen-bond acceptors (Lipinski definition) is 7. The van der Waals surface area contributed by atoms with Gasteiger partial charge in [0.05, 0.1) is 38.1 Å². The van der Waals surface area contributed by atoms with Gasteiger partial charge in [0.2, 0.25) is 0 Å². The Balaban J connectivity index is 0.863. The quantitative estimate of drug-likeness (QED) is 0.0493. The van der Waals surface area contributed by atoms with Crippen LogP contribution in [0.25, 0.3) is 22.5 Å². The van der Waals surface area contributed by atoms with Crippen LogP contribution in [-0.4, -0.2) is 36.4 Å². The van der Waals surface area contributed by atoms with Crippen LogP contribution in [-0.2, 0) is 6.42 Å². The zero-order valence-electron chi connectivity index (χ0n) is 33.3. The van der Waals surface area contributed by atoms with Crippen LogP contribution in [0.3, 0.4) is 0 Å². The maximum atomic E-state index is 9.00. The second kappa shape index (κ2) is 24.9. The van der Waals surface area contributed by atoms with Gasteiger partial charge in [0.25, 0.3) is 0 Å². The zero-order valence-corrected chi connectivity index (χ0v) is 33.3. The van der Waals surface area contributed by atoms with Gasteiger partial charge in [0.15, 0.2) is 17.3 Å². The summed E-state index contributed by atoms with van der Waals surface area (Å²) in [6.45, 7) is 4.99. The van der Waals surface area contributed by atoms with Crippen LogP contribution in [0.4, 0.5) is 0 Å². The third-order valence-electron chi connectivity index (χ3n) is 9.82. The molecule has 0 saturated carbocycles. The molecule has 5 aromatic rings. The van der Waals surface area contributed by atoms with Gasteiger partial charge in [-0.1, -0.05) is 75.4 Å². The number of nitriles is 1.